The smallest absolute Gasteiger partial charge is 0.303 e. The number of unbranched alkanes of at least 4 members (excludes halogenated alkanes) is 1. The molecule has 1 heterocycles. The van der Waals surface area contributed by atoms with Gasteiger partial charge in [-0.25, -0.2) is 4.98 Å². The Morgan fingerprint density at radius 2 is 2.11 bits per heavy atom. The maximum absolute atomic E-state index is 11.5. The van der Waals surface area contributed by atoms with Gasteiger partial charge in [-0.15, -0.1) is 0 Å². The lowest BCUT2D eigenvalue weighted by molar-refractivity contribution is -0.137. The zero-order chi connectivity index (χ0) is 14.1. The summed E-state index contributed by atoms with van der Waals surface area (Å²) in [6.45, 7) is 0.356. The quantitative estimate of drug-likeness (QED) is 0.693. The second-order valence-corrected chi connectivity index (χ2v) is 4.05. The first-order chi connectivity index (χ1) is 9.13. The van der Waals surface area contributed by atoms with Gasteiger partial charge in [-0.2, -0.15) is 0 Å². The van der Waals surface area contributed by atoms with E-state index in [-0.39, 0.29) is 12.3 Å². The number of aliphatic carboxylic acids is 1. The van der Waals surface area contributed by atoms with Gasteiger partial charge in [0.05, 0.1) is 7.11 Å². The molecule has 0 aliphatic heterocycles. The second kappa shape index (κ2) is 8.07. The Kier molecular flexibility index (Phi) is 6.35. The highest BCUT2D eigenvalue weighted by atomic mass is 16.5. The molecule has 0 unspecified atom stereocenters. The number of ether oxygens (including phenoxy) is 1. The Bertz CT molecular complexity index is 434. The third kappa shape index (κ3) is 5.85. The summed E-state index contributed by atoms with van der Waals surface area (Å²) in [6, 6.07) is 3.60. The van der Waals surface area contributed by atoms with E-state index in [0.29, 0.717) is 31.7 Å². The Labute approximate surface area is 111 Å². The average Bonchev–Trinajstić information content (AvgIpc) is 2.41. The number of hydrogen-bond acceptors (Lipinski definition) is 4. The third-order valence-corrected chi connectivity index (χ3v) is 2.56. The van der Waals surface area contributed by atoms with Crippen LogP contribution in [0.3, 0.4) is 0 Å². The first kappa shape index (κ1) is 14.9. The van der Waals surface area contributed by atoms with Gasteiger partial charge >= 0.3 is 5.97 Å². The third-order valence-electron chi connectivity index (χ3n) is 2.56. The van der Waals surface area contributed by atoms with Crippen molar-refractivity contribution in [2.45, 2.75) is 32.2 Å². The van der Waals surface area contributed by atoms with Crippen molar-refractivity contribution in [2.75, 3.05) is 7.11 Å². The summed E-state index contributed by atoms with van der Waals surface area (Å²) in [5.74, 6) is -0.439. The van der Waals surface area contributed by atoms with E-state index < -0.39 is 5.97 Å². The van der Waals surface area contributed by atoms with Crippen LogP contribution in [-0.4, -0.2) is 29.1 Å². The summed E-state index contributed by atoms with van der Waals surface area (Å²) in [7, 11) is 1.53. The summed E-state index contributed by atoms with van der Waals surface area (Å²) < 4.78 is 5.07. The van der Waals surface area contributed by atoms with E-state index in [1.807, 2.05) is 6.07 Å². The molecule has 19 heavy (non-hydrogen) atoms. The number of pyridine rings is 1. The predicted molar refractivity (Wildman–Crippen MR) is 68.7 cm³/mol. The summed E-state index contributed by atoms with van der Waals surface area (Å²) in [5, 5.41) is 11.2. The predicted octanol–water partition coefficient (Wildman–Crippen LogP) is 1.35. The lowest BCUT2D eigenvalue weighted by Gasteiger charge is -2.08. The molecule has 0 saturated carbocycles. The Hall–Kier alpha value is -2.11. The number of carbonyl (C=O) groups excluding carboxylic acids is 1. The minimum absolute atomic E-state index is 0.101. The number of hydrogen-bond donors (Lipinski definition) is 2. The molecule has 0 radical (unpaired) electrons. The van der Waals surface area contributed by atoms with Crippen LogP contribution in [0.15, 0.2) is 18.3 Å². The fourth-order valence-electron chi connectivity index (χ4n) is 1.59. The average molecular weight is 266 g/mol. The zero-order valence-corrected chi connectivity index (χ0v) is 10.9. The Morgan fingerprint density at radius 3 is 2.79 bits per heavy atom. The highest BCUT2D eigenvalue weighted by Crippen LogP contribution is 2.12. The normalized spacial score (nSPS) is 9.95. The molecule has 6 heteroatoms. The number of methoxy groups -OCH3 is 1. The molecule has 104 valence electrons. The number of carboxylic acids is 1. The van der Waals surface area contributed by atoms with E-state index in [0.717, 1.165) is 5.56 Å². The number of aromatic nitrogens is 1. The van der Waals surface area contributed by atoms with Crippen LogP contribution in [-0.2, 0) is 16.1 Å². The van der Waals surface area contributed by atoms with Crippen LogP contribution in [0.4, 0.5) is 0 Å². The van der Waals surface area contributed by atoms with Gasteiger partial charge in [0.25, 0.3) is 0 Å². The summed E-state index contributed by atoms with van der Waals surface area (Å²) >= 11 is 0. The molecule has 0 spiro atoms. The fraction of sp³-hybridized carbons (Fsp3) is 0.462. The van der Waals surface area contributed by atoms with Crippen molar-refractivity contribution in [3.05, 3.63) is 23.9 Å². The molecule has 1 aromatic rings. The first-order valence-electron chi connectivity index (χ1n) is 6.10. The molecule has 2 N–H and O–H groups in total. The van der Waals surface area contributed by atoms with Gasteiger partial charge in [0.1, 0.15) is 0 Å². The van der Waals surface area contributed by atoms with Crippen molar-refractivity contribution < 1.29 is 19.4 Å². The number of carbonyl (C=O) groups is 2. The van der Waals surface area contributed by atoms with Gasteiger partial charge in [0.2, 0.25) is 11.8 Å². The topological polar surface area (TPSA) is 88.5 Å². The zero-order valence-electron chi connectivity index (χ0n) is 10.9. The van der Waals surface area contributed by atoms with Crippen molar-refractivity contribution in [2.24, 2.45) is 0 Å². The van der Waals surface area contributed by atoms with E-state index in [1.165, 1.54) is 7.11 Å². The maximum Gasteiger partial charge on any atom is 0.303 e. The Balaban J connectivity index is 2.28. The molecule has 0 aromatic carbocycles. The minimum atomic E-state index is -0.833. The maximum atomic E-state index is 11.5. The van der Waals surface area contributed by atoms with Crippen LogP contribution >= 0.6 is 0 Å². The van der Waals surface area contributed by atoms with Gasteiger partial charge < -0.3 is 15.2 Å². The van der Waals surface area contributed by atoms with Crippen LogP contribution in [0.2, 0.25) is 0 Å². The van der Waals surface area contributed by atoms with Crippen LogP contribution < -0.4 is 10.1 Å². The van der Waals surface area contributed by atoms with Crippen LogP contribution in [0.1, 0.15) is 31.2 Å². The molecule has 1 aromatic heterocycles. The van der Waals surface area contributed by atoms with Crippen molar-refractivity contribution in [3.8, 4) is 5.88 Å². The SMILES string of the molecule is COc1ncccc1CNC(=O)CCCCC(=O)O. The number of nitrogens with one attached hydrogen (secondary N) is 1. The highest BCUT2D eigenvalue weighted by molar-refractivity contribution is 5.76. The lowest BCUT2D eigenvalue weighted by Crippen LogP contribution is -2.22. The molecular weight excluding hydrogens is 248 g/mol. The monoisotopic (exact) mass is 266 g/mol. The van der Waals surface area contributed by atoms with Crippen LogP contribution in [0, 0.1) is 0 Å². The number of carboxylic acid groups (broad SMARTS) is 1. The van der Waals surface area contributed by atoms with Crippen molar-refractivity contribution in [3.63, 3.8) is 0 Å². The molecule has 0 bridgehead atoms. The van der Waals surface area contributed by atoms with Crippen LogP contribution in [0.5, 0.6) is 5.88 Å². The van der Waals surface area contributed by atoms with Crippen molar-refractivity contribution in [1.82, 2.24) is 10.3 Å². The minimum Gasteiger partial charge on any atom is -0.481 e. The van der Waals surface area contributed by atoms with E-state index in [1.54, 1.807) is 12.3 Å². The van der Waals surface area contributed by atoms with Gasteiger partial charge in [-0.05, 0) is 18.9 Å². The molecule has 0 aliphatic carbocycles. The lowest BCUT2D eigenvalue weighted by atomic mass is 10.2. The number of amides is 1. The number of rotatable bonds is 8. The summed E-state index contributed by atoms with van der Waals surface area (Å²) in [6.07, 6.45) is 3.14. The standard InChI is InChI=1S/C13H18N2O4/c1-19-13-10(5-4-8-14-13)9-15-11(16)6-2-3-7-12(17)18/h4-5,8H,2-3,6-7,9H2,1H3,(H,15,16)(H,17,18). The van der Waals surface area contributed by atoms with E-state index in [2.05, 4.69) is 10.3 Å². The van der Waals surface area contributed by atoms with Crippen molar-refractivity contribution in [1.29, 1.82) is 0 Å². The molecular formula is C13H18N2O4. The molecule has 6 nitrogen and oxygen atoms in total. The summed E-state index contributed by atoms with van der Waals surface area (Å²) in [5.41, 5.74) is 0.809. The largest absolute Gasteiger partial charge is 0.481 e. The van der Waals surface area contributed by atoms with Crippen molar-refractivity contribution >= 4 is 11.9 Å². The molecule has 1 amide bonds. The van der Waals surface area contributed by atoms with Gasteiger partial charge in [0.15, 0.2) is 0 Å². The second-order valence-electron chi connectivity index (χ2n) is 4.05. The van der Waals surface area contributed by atoms with Gasteiger partial charge in [0, 0.05) is 31.1 Å². The summed E-state index contributed by atoms with van der Waals surface area (Å²) in [4.78, 5) is 25.9. The molecule has 0 atom stereocenters. The molecule has 0 aliphatic rings. The highest BCUT2D eigenvalue weighted by Gasteiger charge is 2.06. The van der Waals surface area contributed by atoms with Crippen LogP contribution in [0.25, 0.3) is 0 Å². The number of nitrogens with zero attached hydrogens (tertiary/aromatic N) is 1. The van der Waals surface area contributed by atoms with E-state index >= 15 is 0 Å². The fourth-order valence-corrected chi connectivity index (χ4v) is 1.59. The molecule has 0 saturated heterocycles. The first-order valence-corrected chi connectivity index (χ1v) is 6.10. The Morgan fingerprint density at radius 1 is 1.37 bits per heavy atom. The molecule has 0 fully saturated rings. The molecule has 1 rings (SSSR count). The van der Waals surface area contributed by atoms with E-state index in [9.17, 15) is 9.59 Å². The van der Waals surface area contributed by atoms with E-state index in [4.69, 9.17) is 9.84 Å². The van der Waals surface area contributed by atoms with Gasteiger partial charge in [-0.1, -0.05) is 6.07 Å². The van der Waals surface area contributed by atoms with Gasteiger partial charge in [-0.3, -0.25) is 9.59 Å².